The number of halogens is 1. The van der Waals surface area contributed by atoms with E-state index in [1.165, 1.54) is 10.8 Å². The van der Waals surface area contributed by atoms with Crippen LogP contribution < -0.4 is 10.1 Å². The zero-order valence-corrected chi connectivity index (χ0v) is 13.4. The predicted octanol–water partition coefficient (Wildman–Crippen LogP) is 3.61. The molecule has 1 atom stereocenters. The molecule has 2 aromatic carbocycles. The summed E-state index contributed by atoms with van der Waals surface area (Å²) in [5, 5.41) is 5.69. The first-order valence-electron chi connectivity index (χ1n) is 6.74. The largest absolute Gasteiger partial charge is 0.489 e. The minimum atomic E-state index is 0.125. The molecule has 0 fully saturated rings. The summed E-state index contributed by atoms with van der Waals surface area (Å²) in [5.74, 6) is 0.904. The van der Waals surface area contributed by atoms with Gasteiger partial charge in [-0.1, -0.05) is 28.1 Å². The molecule has 0 aromatic heterocycles. The lowest BCUT2D eigenvalue weighted by molar-refractivity contribution is 0.184. The highest BCUT2D eigenvalue weighted by atomic mass is 79.9. The Hall–Kier alpha value is -1.10. The number of rotatable bonds is 7. The number of nitrogens with one attached hydrogen (secondary N) is 1. The van der Waals surface area contributed by atoms with Crippen molar-refractivity contribution < 1.29 is 9.47 Å². The third kappa shape index (κ3) is 4.47. The lowest BCUT2D eigenvalue weighted by atomic mass is 10.1. The molecular weight excluding hydrogens is 318 g/mol. The summed E-state index contributed by atoms with van der Waals surface area (Å²) in [4.78, 5) is 0. The van der Waals surface area contributed by atoms with Crippen LogP contribution in [0.2, 0.25) is 0 Å². The van der Waals surface area contributed by atoms with Crippen molar-refractivity contribution >= 4 is 26.7 Å². The van der Waals surface area contributed by atoms with Crippen LogP contribution in [-0.4, -0.2) is 32.9 Å². The van der Waals surface area contributed by atoms with Gasteiger partial charge in [0.1, 0.15) is 11.9 Å². The zero-order valence-electron chi connectivity index (χ0n) is 11.9. The van der Waals surface area contributed by atoms with Gasteiger partial charge < -0.3 is 14.8 Å². The molecule has 4 heteroatoms. The molecule has 0 amide bonds. The maximum Gasteiger partial charge on any atom is 0.120 e. The van der Waals surface area contributed by atoms with Crippen molar-refractivity contribution in [3.05, 3.63) is 40.9 Å². The van der Waals surface area contributed by atoms with Gasteiger partial charge in [0.2, 0.25) is 0 Å². The molecule has 1 unspecified atom stereocenters. The van der Waals surface area contributed by atoms with Gasteiger partial charge >= 0.3 is 0 Å². The van der Waals surface area contributed by atoms with E-state index in [1.54, 1.807) is 7.11 Å². The monoisotopic (exact) mass is 337 g/mol. The predicted molar refractivity (Wildman–Crippen MR) is 86.5 cm³/mol. The Morgan fingerprint density at radius 2 is 1.90 bits per heavy atom. The van der Waals surface area contributed by atoms with Gasteiger partial charge in [0.05, 0.1) is 6.61 Å². The molecule has 108 valence electrons. The fraction of sp³-hybridized carbons (Fsp3) is 0.375. The summed E-state index contributed by atoms with van der Waals surface area (Å²) in [6.07, 6.45) is 0.125. The number of hydrogen-bond donors (Lipinski definition) is 1. The van der Waals surface area contributed by atoms with Gasteiger partial charge in [-0.15, -0.1) is 0 Å². The van der Waals surface area contributed by atoms with E-state index in [1.807, 2.05) is 12.1 Å². The topological polar surface area (TPSA) is 30.5 Å². The summed E-state index contributed by atoms with van der Waals surface area (Å²) in [7, 11) is 1.70. The third-order valence-electron chi connectivity index (χ3n) is 3.03. The van der Waals surface area contributed by atoms with Crippen molar-refractivity contribution in [1.82, 2.24) is 5.32 Å². The lowest BCUT2D eigenvalue weighted by Gasteiger charge is -2.16. The summed E-state index contributed by atoms with van der Waals surface area (Å²) in [6.45, 7) is 4.43. The van der Waals surface area contributed by atoms with Crippen molar-refractivity contribution in [3.8, 4) is 5.75 Å². The van der Waals surface area contributed by atoms with Gasteiger partial charge in [0.15, 0.2) is 0 Å². The highest BCUT2D eigenvalue weighted by Gasteiger charge is 2.04. The molecule has 0 aliphatic rings. The Bertz CT molecular complexity index is 559. The molecule has 3 nitrogen and oxygen atoms in total. The second kappa shape index (κ2) is 7.62. The maximum atomic E-state index is 5.92. The van der Waals surface area contributed by atoms with E-state index in [-0.39, 0.29) is 6.10 Å². The van der Waals surface area contributed by atoms with Crippen molar-refractivity contribution in [2.75, 3.05) is 26.8 Å². The van der Waals surface area contributed by atoms with Crippen LogP contribution >= 0.6 is 15.9 Å². The van der Waals surface area contributed by atoms with Crippen LogP contribution in [-0.2, 0) is 4.74 Å². The first-order chi connectivity index (χ1) is 9.69. The number of methoxy groups -OCH3 is 1. The van der Waals surface area contributed by atoms with Crippen molar-refractivity contribution in [1.29, 1.82) is 0 Å². The number of fused-ring (bicyclic) bond motifs is 1. The molecule has 0 aliphatic carbocycles. The number of hydrogen-bond acceptors (Lipinski definition) is 3. The van der Waals surface area contributed by atoms with Crippen molar-refractivity contribution in [2.24, 2.45) is 0 Å². The molecule has 0 saturated heterocycles. The zero-order chi connectivity index (χ0) is 14.4. The quantitative estimate of drug-likeness (QED) is 0.783. The summed E-state index contributed by atoms with van der Waals surface area (Å²) >= 11 is 3.48. The van der Waals surface area contributed by atoms with Crippen LogP contribution in [0.1, 0.15) is 6.92 Å². The van der Waals surface area contributed by atoms with Gasteiger partial charge in [0, 0.05) is 24.7 Å². The summed E-state index contributed by atoms with van der Waals surface area (Å²) in [5.41, 5.74) is 0. The third-order valence-corrected chi connectivity index (χ3v) is 3.52. The average molecular weight is 338 g/mol. The van der Waals surface area contributed by atoms with Crippen molar-refractivity contribution in [2.45, 2.75) is 13.0 Å². The SMILES string of the molecule is COCCNCC(C)Oc1ccc2cc(Br)ccc2c1. The van der Waals surface area contributed by atoms with Gasteiger partial charge in [-0.25, -0.2) is 0 Å². The molecule has 1 N–H and O–H groups in total. The molecule has 2 rings (SSSR count). The van der Waals surface area contributed by atoms with Crippen molar-refractivity contribution in [3.63, 3.8) is 0 Å². The van der Waals surface area contributed by atoms with Gasteiger partial charge in [0.25, 0.3) is 0 Å². The first-order valence-corrected chi connectivity index (χ1v) is 7.54. The van der Waals surface area contributed by atoms with Gasteiger partial charge in [-0.3, -0.25) is 0 Å². The molecule has 0 bridgehead atoms. The summed E-state index contributed by atoms with van der Waals surface area (Å²) < 4.78 is 12.0. The lowest BCUT2D eigenvalue weighted by Crippen LogP contribution is -2.31. The van der Waals surface area contributed by atoms with E-state index < -0.39 is 0 Å². The maximum absolute atomic E-state index is 5.92. The van der Waals surface area contributed by atoms with Crippen LogP contribution in [0.4, 0.5) is 0 Å². The summed E-state index contributed by atoms with van der Waals surface area (Å²) in [6, 6.07) is 12.4. The number of ether oxygens (including phenoxy) is 2. The van der Waals surface area contributed by atoms with E-state index in [2.05, 4.69) is 52.4 Å². The highest BCUT2D eigenvalue weighted by Crippen LogP contribution is 2.24. The minimum absolute atomic E-state index is 0.125. The minimum Gasteiger partial charge on any atom is -0.489 e. The molecule has 0 radical (unpaired) electrons. The van der Waals surface area contributed by atoms with Gasteiger partial charge in [-0.2, -0.15) is 0 Å². The van der Waals surface area contributed by atoms with Crippen LogP contribution in [0.25, 0.3) is 10.8 Å². The Morgan fingerprint density at radius 3 is 2.70 bits per heavy atom. The molecule has 0 heterocycles. The van der Waals surface area contributed by atoms with E-state index in [9.17, 15) is 0 Å². The number of benzene rings is 2. The molecule has 20 heavy (non-hydrogen) atoms. The Balaban J connectivity index is 1.94. The molecule has 2 aromatic rings. The van der Waals surface area contributed by atoms with E-state index >= 15 is 0 Å². The normalized spacial score (nSPS) is 12.6. The van der Waals surface area contributed by atoms with Crippen LogP contribution in [0.15, 0.2) is 40.9 Å². The second-order valence-electron chi connectivity index (χ2n) is 4.78. The second-order valence-corrected chi connectivity index (χ2v) is 5.69. The smallest absolute Gasteiger partial charge is 0.120 e. The molecule has 0 saturated carbocycles. The van der Waals surface area contributed by atoms with E-state index in [0.29, 0.717) is 0 Å². The molecule has 0 aliphatic heterocycles. The Labute approximate surface area is 128 Å². The van der Waals surface area contributed by atoms with Crippen LogP contribution in [0.5, 0.6) is 5.75 Å². The highest BCUT2D eigenvalue weighted by molar-refractivity contribution is 9.10. The molecule has 0 spiro atoms. The average Bonchev–Trinajstić information content (AvgIpc) is 2.44. The van der Waals surface area contributed by atoms with E-state index in [0.717, 1.165) is 29.9 Å². The standard InChI is InChI=1S/C16H20BrNO2/c1-12(11-18-7-8-19-2)20-16-6-4-13-9-15(17)5-3-14(13)10-16/h3-6,9-10,12,18H,7-8,11H2,1-2H3. The first kappa shape index (κ1) is 15.3. The fourth-order valence-corrected chi connectivity index (χ4v) is 2.40. The molecular formula is C16H20BrNO2. The fourth-order valence-electron chi connectivity index (χ4n) is 2.02. The van der Waals surface area contributed by atoms with Crippen LogP contribution in [0.3, 0.4) is 0 Å². The van der Waals surface area contributed by atoms with Crippen LogP contribution in [0, 0.1) is 0 Å². The van der Waals surface area contributed by atoms with E-state index in [4.69, 9.17) is 9.47 Å². The van der Waals surface area contributed by atoms with Gasteiger partial charge in [-0.05, 0) is 42.0 Å². The Kier molecular flexibility index (Phi) is 5.83. The Morgan fingerprint density at radius 1 is 1.15 bits per heavy atom.